The minimum atomic E-state index is -1.12. The lowest BCUT2D eigenvalue weighted by molar-refractivity contribution is -0.145. The molecule has 133 heavy (non-hydrogen) atoms. The predicted octanol–water partition coefficient (Wildman–Crippen LogP) is 7.32. The number of ketones is 6. The average molecular weight is 1860 g/mol. The first-order valence-electron chi connectivity index (χ1n) is 48.4. The number of para-hydroxylation sites is 1. The number of primary amides is 2. The highest BCUT2D eigenvalue weighted by atomic mass is 16.3. The summed E-state index contributed by atoms with van der Waals surface area (Å²) in [5.74, 6) is -8.35. The SMILES string of the molecule is C=CCNC(=O)C(=O)C(CCC)NC(=O)[C@@H]1[C@@H]2[C@H](CN1C(=O)[C@@H](NC(=O)N[C@H](C(=O)C1CC1)C1CCCCC1)C(C)(C)C)C2(C)C.CC(C)[C@@H](CC(=O)C1CC1)NC(=O)N[C@H](C(=O)N1C[C@H]2[C@@H]([C@H]1C(=O)NC(CC1CC1)C(=O)C(N)=O)C2(C)C)C(C)(C)C.CC(C)[C@H](NC(=O)N[C@H](C(=O)N1C[C@H]2[C@@H]([C@H]1C(=O)NC(CC1CC1)C(=O)C(N)=O)C2(C)C)C(C)(C)C)C(=O)c1ccccc1O. The van der Waals surface area contributed by atoms with Crippen molar-refractivity contribution >= 4 is 106 Å². The fourth-order valence-corrected chi connectivity index (χ4v) is 20.9. The number of piperidine rings is 3. The zero-order valence-corrected chi connectivity index (χ0v) is 81.9. The number of Topliss-reactive ketones (excluding diaryl/α,β-unsaturated/α-hetero) is 6. The molecule has 736 valence electrons. The number of nitrogens with one attached hydrogen (secondary N) is 10. The van der Waals surface area contributed by atoms with Gasteiger partial charge in [0.25, 0.3) is 17.7 Å². The highest BCUT2D eigenvalue weighted by Crippen LogP contribution is 2.67. The van der Waals surface area contributed by atoms with Crippen LogP contribution < -0.4 is 64.6 Å². The van der Waals surface area contributed by atoms with Gasteiger partial charge in [-0.05, 0) is 168 Å². The Morgan fingerprint density at radius 1 is 0.481 bits per heavy atom. The quantitative estimate of drug-likeness (QED) is 0.0174. The smallest absolute Gasteiger partial charge is 0.316 e. The van der Waals surface area contributed by atoms with E-state index in [1.807, 2.05) is 76.2 Å². The highest BCUT2D eigenvalue weighted by Gasteiger charge is 2.73. The minimum absolute atomic E-state index is 0.00250. The van der Waals surface area contributed by atoms with Gasteiger partial charge in [0.2, 0.25) is 52.8 Å². The topological polar surface area (TPSA) is 510 Å². The molecule has 15 amide bonds. The number of nitrogens with two attached hydrogens (primary N) is 2. The summed E-state index contributed by atoms with van der Waals surface area (Å²) < 4.78 is 0. The molecule has 0 aromatic heterocycles. The number of fused-ring (bicyclic) bond motifs is 3. The van der Waals surface area contributed by atoms with Gasteiger partial charge in [0, 0.05) is 50.5 Å². The van der Waals surface area contributed by atoms with Crippen LogP contribution in [-0.4, -0.2) is 224 Å². The van der Waals surface area contributed by atoms with Crippen LogP contribution in [-0.2, 0) is 67.1 Å². The molecular formula is C99H151N15O19. The van der Waals surface area contributed by atoms with Crippen LogP contribution >= 0.6 is 0 Å². The third-order valence-electron chi connectivity index (χ3n) is 30.2. The summed E-state index contributed by atoms with van der Waals surface area (Å²) in [6, 6.07) is -6.35. The second-order valence-corrected chi connectivity index (χ2v) is 45.5. The van der Waals surface area contributed by atoms with Gasteiger partial charge >= 0.3 is 18.1 Å². The van der Waals surface area contributed by atoms with Gasteiger partial charge < -0.3 is 84.4 Å². The molecule has 15 N–H and O–H groups in total. The van der Waals surface area contributed by atoms with Crippen LogP contribution in [0.5, 0.6) is 5.75 Å². The lowest BCUT2D eigenvalue weighted by atomic mass is 9.81. The van der Waals surface area contributed by atoms with Crippen LogP contribution in [0.15, 0.2) is 36.9 Å². The van der Waals surface area contributed by atoms with Crippen molar-refractivity contribution < 1.29 is 91.4 Å². The monoisotopic (exact) mass is 1850 g/mol. The third-order valence-corrected chi connectivity index (χ3v) is 30.2. The molecule has 3 aliphatic heterocycles. The van der Waals surface area contributed by atoms with Crippen LogP contribution in [0, 0.1) is 109 Å². The van der Waals surface area contributed by atoms with Gasteiger partial charge in [0.1, 0.15) is 47.8 Å². The van der Waals surface area contributed by atoms with Crippen molar-refractivity contribution in [3.8, 4) is 5.75 Å². The molecule has 0 bridgehead atoms. The molecule has 3 heterocycles. The number of nitrogens with zero attached hydrogens (tertiary/aromatic N) is 3. The molecule has 8 aliphatic carbocycles. The lowest BCUT2D eigenvalue weighted by Gasteiger charge is -2.38. The van der Waals surface area contributed by atoms with Gasteiger partial charge in [-0.3, -0.25) is 71.9 Å². The molecule has 1 aromatic rings. The maximum atomic E-state index is 14.3. The Morgan fingerprint density at radius 2 is 0.865 bits per heavy atom. The Hall–Kier alpha value is -10.2. The van der Waals surface area contributed by atoms with Crippen molar-refractivity contribution in [2.45, 2.75) is 327 Å². The Labute approximate surface area is 783 Å². The molecule has 3 unspecified atom stereocenters. The molecular weight excluding hydrogens is 1700 g/mol. The molecule has 0 spiro atoms. The van der Waals surface area contributed by atoms with Crippen LogP contribution in [0.3, 0.4) is 0 Å². The fourth-order valence-electron chi connectivity index (χ4n) is 20.9. The number of benzene rings is 1. The molecule has 11 aliphatic rings. The number of carbonyl (C=O) groups is 18. The van der Waals surface area contributed by atoms with Crippen LogP contribution in [0.2, 0.25) is 0 Å². The van der Waals surface area contributed by atoms with Gasteiger partial charge in [-0.25, -0.2) is 14.4 Å². The van der Waals surface area contributed by atoms with E-state index in [0.717, 1.165) is 83.5 Å². The van der Waals surface area contributed by atoms with Crippen molar-refractivity contribution in [3.05, 3.63) is 42.5 Å². The molecule has 0 radical (unpaired) electrons. The first kappa shape index (κ1) is 105. The van der Waals surface area contributed by atoms with Crippen molar-refractivity contribution in [1.82, 2.24) is 67.9 Å². The summed E-state index contributed by atoms with van der Waals surface area (Å²) in [5, 5.41) is 38.1. The number of hydrogen-bond acceptors (Lipinski definition) is 19. The van der Waals surface area contributed by atoms with E-state index in [9.17, 15) is 91.4 Å². The van der Waals surface area contributed by atoms with Gasteiger partial charge in [-0.2, -0.15) is 0 Å². The van der Waals surface area contributed by atoms with Crippen molar-refractivity contribution in [3.63, 3.8) is 0 Å². The summed E-state index contributed by atoms with van der Waals surface area (Å²) in [7, 11) is 0. The number of urea groups is 3. The zero-order chi connectivity index (χ0) is 98.9. The van der Waals surface area contributed by atoms with E-state index in [-0.39, 0.29) is 153 Å². The van der Waals surface area contributed by atoms with Gasteiger partial charge in [-0.15, -0.1) is 6.58 Å². The second kappa shape index (κ2) is 41.6. The maximum absolute atomic E-state index is 14.3. The molecule has 18 atom stereocenters. The van der Waals surface area contributed by atoms with E-state index >= 15 is 0 Å². The average Bonchev–Trinajstić information content (AvgIpc) is 1.53. The first-order chi connectivity index (χ1) is 61.9. The van der Waals surface area contributed by atoms with E-state index in [1.165, 1.54) is 28.0 Å². The molecule has 8 saturated carbocycles. The summed E-state index contributed by atoms with van der Waals surface area (Å²) in [5.41, 5.74) is 7.89. The largest absolute Gasteiger partial charge is 0.507 e. The highest BCUT2D eigenvalue weighted by molar-refractivity contribution is 6.39. The molecule has 3 saturated heterocycles. The standard InChI is InChI=1S/C35H55N5O6.C33H47N5O7.C31H49N5O6/c1-8-13-23(28(42)31(44)36-18-9-2)37-30(43)26-24-22(35(24,6)7)19-40(26)32(45)29(34(3,4)5)39-33(46)38-25(27(41)21-16-17-21)20-14-11-10-12-15-20;1-16(2)23(25(40)18-10-8-9-11-21(18)39)36-31(45)37-27(32(3,4)5)30(44)38-15-19-22(33(19,6)7)24(38)29(43)35-20(14-17-12-13-17)26(41)28(34)42;1-15(2)19(13-21(37)17-10-11-17)34-29(42)35-25(30(3,4)5)28(41)36-14-18-22(31(18,6)7)23(36)27(40)33-20(12-16-8-9-16)24(38)26(32)39/h9,20-26,29H,2,8,10-19H2,1,3-7H3,(H,36,44)(H,37,43)(H2,38,39,46);8-11,16-17,19-20,22-24,27,39H,12-15H2,1-7H3,(H2,34,42)(H,35,43)(H2,36,37,45);15-20,22-23,25H,8-14H2,1-7H3,(H2,32,39)(H,33,40)(H2,34,35,42)/t22-,23?,24-,25-,26-,29+;19-,20?,22-,23-,24-,27+;18-,19+,20?,22-,23-,25+/m000/s1. The summed E-state index contributed by atoms with van der Waals surface area (Å²) >= 11 is 0. The Kier molecular flexibility index (Phi) is 32.8. The van der Waals surface area contributed by atoms with E-state index in [2.05, 4.69) is 87.4 Å². The molecule has 34 heteroatoms. The van der Waals surface area contributed by atoms with Crippen LogP contribution in [0.4, 0.5) is 14.4 Å². The number of phenolic OH excluding ortho intramolecular Hbond substituents is 1. The number of hydrogen-bond donors (Lipinski definition) is 13. The number of phenols is 1. The summed E-state index contributed by atoms with van der Waals surface area (Å²) in [4.78, 5) is 242. The zero-order valence-electron chi connectivity index (χ0n) is 81.9. The van der Waals surface area contributed by atoms with Crippen LogP contribution in [0.25, 0.3) is 0 Å². The van der Waals surface area contributed by atoms with E-state index in [0.29, 0.717) is 38.9 Å². The number of aromatic hydroxyl groups is 1. The third kappa shape index (κ3) is 25.1. The van der Waals surface area contributed by atoms with Crippen molar-refractivity contribution in [2.75, 3.05) is 26.2 Å². The fraction of sp³-hybridized carbons (Fsp3) is 0.737. The van der Waals surface area contributed by atoms with Gasteiger partial charge in [0.15, 0.2) is 11.6 Å². The number of likely N-dealkylation sites (tertiary alicyclic amines) is 3. The maximum Gasteiger partial charge on any atom is 0.316 e. The predicted molar refractivity (Wildman–Crippen MR) is 496 cm³/mol. The van der Waals surface area contributed by atoms with Crippen LogP contribution in [0.1, 0.15) is 264 Å². The second-order valence-electron chi connectivity index (χ2n) is 45.5. The van der Waals surface area contributed by atoms with Crippen molar-refractivity contribution in [1.29, 1.82) is 0 Å². The van der Waals surface area contributed by atoms with E-state index in [4.69, 9.17) is 11.5 Å². The summed E-state index contributed by atoms with van der Waals surface area (Å²) in [6.45, 7) is 42.7. The van der Waals surface area contributed by atoms with Crippen molar-refractivity contribution in [2.24, 2.45) is 121 Å². The molecule has 12 rings (SSSR count). The Balaban J connectivity index is 0.000000207. The Bertz CT molecular complexity index is 4630. The number of rotatable bonds is 39. The first-order valence-corrected chi connectivity index (χ1v) is 48.4. The summed E-state index contributed by atoms with van der Waals surface area (Å²) in [6.07, 6.45) is 15.4. The normalized spacial score (nSPS) is 25.3. The lowest BCUT2D eigenvalue weighted by Crippen LogP contribution is -2.62. The van der Waals surface area contributed by atoms with Gasteiger partial charge in [0.05, 0.1) is 35.8 Å². The molecule has 1 aromatic carbocycles. The van der Waals surface area contributed by atoms with Gasteiger partial charge in [-0.1, -0.05) is 208 Å². The molecule has 34 nitrogen and oxygen atoms in total. The minimum Gasteiger partial charge on any atom is -0.507 e. The molecule has 11 fully saturated rings. The van der Waals surface area contributed by atoms with E-state index in [1.54, 1.807) is 51.7 Å². The van der Waals surface area contributed by atoms with E-state index < -0.39 is 165 Å². The number of amides is 15. The Morgan fingerprint density at radius 3 is 1.21 bits per heavy atom. The number of carbonyl (C=O) groups excluding carboxylic acids is 18.